The number of aryl methyl sites for hydroxylation is 2. The molecule has 5 heteroatoms. The van der Waals surface area contributed by atoms with E-state index >= 15 is 0 Å². The molecule has 2 aliphatic rings. The first-order chi connectivity index (χ1) is 13.0. The fourth-order valence-electron chi connectivity index (χ4n) is 4.18. The molecule has 2 amide bonds. The van der Waals surface area contributed by atoms with Gasteiger partial charge in [0, 0.05) is 19.1 Å². The lowest BCUT2D eigenvalue weighted by Crippen LogP contribution is -2.48. The number of hydrogen-bond acceptors (Lipinski definition) is 3. The molecule has 0 aromatic heterocycles. The van der Waals surface area contributed by atoms with Gasteiger partial charge in [-0.3, -0.25) is 9.59 Å². The van der Waals surface area contributed by atoms with E-state index in [1.165, 1.54) is 24.8 Å². The van der Waals surface area contributed by atoms with Crippen LogP contribution in [-0.2, 0) is 9.59 Å². The summed E-state index contributed by atoms with van der Waals surface area (Å²) in [5, 5.41) is 3.21. The summed E-state index contributed by atoms with van der Waals surface area (Å²) in [6, 6.07) is 6.27. The van der Waals surface area contributed by atoms with Crippen LogP contribution in [0.2, 0.25) is 0 Å². The summed E-state index contributed by atoms with van der Waals surface area (Å²) in [6.07, 6.45) is 7.60. The molecule has 1 aliphatic heterocycles. The molecule has 0 bridgehead atoms. The molecule has 1 saturated heterocycles. The molecule has 5 nitrogen and oxygen atoms in total. The Morgan fingerprint density at radius 3 is 2.63 bits per heavy atom. The van der Waals surface area contributed by atoms with Crippen LogP contribution in [0.5, 0.6) is 5.75 Å². The molecule has 27 heavy (non-hydrogen) atoms. The molecular formula is C22H32N2O3. The zero-order valence-corrected chi connectivity index (χ0v) is 16.6. The van der Waals surface area contributed by atoms with E-state index in [1.54, 1.807) is 4.90 Å². The molecule has 1 atom stereocenters. The van der Waals surface area contributed by atoms with Gasteiger partial charge in [0.1, 0.15) is 5.75 Å². The fraction of sp³-hybridized carbons (Fsp3) is 0.636. The Balaban J connectivity index is 1.49. The smallest absolute Gasteiger partial charge is 0.260 e. The van der Waals surface area contributed by atoms with Gasteiger partial charge in [-0.25, -0.2) is 0 Å². The monoisotopic (exact) mass is 372 g/mol. The third kappa shape index (κ3) is 5.47. The second-order valence-corrected chi connectivity index (χ2v) is 8.08. The average Bonchev–Trinajstić information content (AvgIpc) is 2.68. The van der Waals surface area contributed by atoms with Crippen molar-refractivity contribution in [1.29, 1.82) is 0 Å². The van der Waals surface area contributed by atoms with Crippen LogP contribution in [-0.4, -0.2) is 42.5 Å². The predicted molar refractivity (Wildman–Crippen MR) is 106 cm³/mol. The molecule has 1 heterocycles. The van der Waals surface area contributed by atoms with Crippen molar-refractivity contribution in [2.75, 3.05) is 19.7 Å². The number of hydrogen-bond donors (Lipinski definition) is 1. The lowest BCUT2D eigenvalue weighted by molar-refractivity contribution is -0.137. The Morgan fingerprint density at radius 2 is 1.89 bits per heavy atom. The molecule has 0 radical (unpaired) electrons. The highest BCUT2D eigenvalue weighted by Gasteiger charge is 2.30. The Hall–Kier alpha value is -2.04. The van der Waals surface area contributed by atoms with Gasteiger partial charge in [0.05, 0.1) is 5.92 Å². The van der Waals surface area contributed by atoms with Crippen LogP contribution in [0.1, 0.15) is 56.1 Å². The summed E-state index contributed by atoms with van der Waals surface area (Å²) >= 11 is 0. The molecule has 2 fully saturated rings. The van der Waals surface area contributed by atoms with E-state index in [-0.39, 0.29) is 24.3 Å². The van der Waals surface area contributed by atoms with Gasteiger partial charge in [-0.2, -0.15) is 0 Å². The van der Waals surface area contributed by atoms with Crippen molar-refractivity contribution < 1.29 is 14.3 Å². The zero-order valence-electron chi connectivity index (χ0n) is 16.6. The number of nitrogens with zero attached hydrogens (tertiary/aromatic N) is 1. The highest BCUT2D eigenvalue weighted by atomic mass is 16.5. The molecule has 1 aromatic carbocycles. The molecule has 1 aromatic rings. The van der Waals surface area contributed by atoms with E-state index in [9.17, 15) is 9.59 Å². The van der Waals surface area contributed by atoms with E-state index in [0.717, 1.165) is 37.0 Å². The second-order valence-electron chi connectivity index (χ2n) is 8.08. The third-order valence-electron chi connectivity index (χ3n) is 5.78. The van der Waals surface area contributed by atoms with Gasteiger partial charge in [-0.15, -0.1) is 0 Å². The maximum absolute atomic E-state index is 12.6. The number of rotatable bonds is 5. The number of amides is 2. The number of nitrogens with one attached hydrogen (secondary N) is 1. The summed E-state index contributed by atoms with van der Waals surface area (Å²) in [5.74, 6) is 0.739. The maximum Gasteiger partial charge on any atom is 0.260 e. The quantitative estimate of drug-likeness (QED) is 0.862. The van der Waals surface area contributed by atoms with Crippen molar-refractivity contribution in [3.63, 3.8) is 0 Å². The van der Waals surface area contributed by atoms with Crippen LogP contribution in [0, 0.1) is 19.8 Å². The van der Waals surface area contributed by atoms with Gasteiger partial charge in [-0.05, 0) is 51.2 Å². The predicted octanol–water partition coefficient (Wildman–Crippen LogP) is 3.37. The molecule has 0 spiro atoms. The third-order valence-corrected chi connectivity index (χ3v) is 5.78. The fourth-order valence-corrected chi connectivity index (χ4v) is 4.18. The molecule has 148 valence electrons. The number of carbonyl (C=O) groups excluding carboxylic acids is 2. The number of ether oxygens (including phenoxy) is 1. The standard InChI is InChI=1S/C22H32N2O3/c1-16-10-11-20(17(2)13-16)27-15-21(25)24-12-6-7-18(14-24)22(26)23-19-8-4-3-5-9-19/h10-11,13,18-19H,3-9,12,14-15H2,1-2H3,(H,23,26). The molecular weight excluding hydrogens is 340 g/mol. The minimum Gasteiger partial charge on any atom is -0.484 e. The topological polar surface area (TPSA) is 58.6 Å². The molecule has 1 saturated carbocycles. The van der Waals surface area contributed by atoms with Crippen LogP contribution in [0.3, 0.4) is 0 Å². The molecule has 1 aliphatic carbocycles. The van der Waals surface area contributed by atoms with Crippen LogP contribution in [0.25, 0.3) is 0 Å². The van der Waals surface area contributed by atoms with Gasteiger partial charge in [0.25, 0.3) is 5.91 Å². The molecule has 1 unspecified atom stereocenters. The SMILES string of the molecule is Cc1ccc(OCC(=O)N2CCCC(C(=O)NC3CCCCC3)C2)c(C)c1. The van der Waals surface area contributed by atoms with Crippen molar-refractivity contribution in [3.05, 3.63) is 29.3 Å². The van der Waals surface area contributed by atoms with Crippen molar-refractivity contribution in [1.82, 2.24) is 10.2 Å². The first-order valence-corrected chi connectivity index (χ1v) is 10.3. The van der Waals surface area contributed by atoms with Gasteiger partial charge < -0.3 is 15.0 Å². The Bertz CT molecular complexity index is 668. The Kier molecular flexibility index (Phi) is 6.75. The van der Waals surface area contributed by atoms with E-state index in [2.05, 4.69) is 5.32 Å². The van der Waals surface area contributed by atoms with Crippen molar-refractivity contribution in [2.45, 2.75) is 64.8 Å². The van der Waals surface area contributed by atoms with Gasteiger partial charge in [-0.1, -0.05) is 37.0 Å². The lowest BCUT2D eigenvalue weighted by Gasteiger charge is -2.33. The molecule has 1 N–H and O–H groups in total. The summed E-state index contributed by atoms with van der Waals surface area (Å²) in [7, 11) is 0. The minimum atomic E-state index is -0.0919. The Morgan fingerprint density at radius 1 is 1.11 bits per heavy atom. The minimum absolute atomic E-state index is 0.0286. The highest BCUT2D eigenvalue weighted by molar-refractivity contribution is 5.82. The van der Waals surface area contributed by atoms with E-state index in [0.29, 0.717) is 19.1 Å². The van der Waals surface area contributed by atoms with Crippen LogP contribution < -0.4 is 10.1 Å². The van der Waals surface area contributed by atoms with Crippen LogP contribution in [0.4, 0.5) is 0 Å². The summed E-state index contributed by atoms with van der Waals surface area (Å²) in [5.41, 5.74) is 2.21. The van der Waals surface area contributed by atoms with Crippen LogP contribution >= 0.6 is 0 Å². The zero-order chi connectivity index (χ0) is 19.2. The maximum atomic E-state index is 12.6. The van der Waals surface area contributed by atoms with Gasteiger partial charge in [0.15, 0.2) is 6.61 Å². The van der Waals surface area contributed by atoms with E-state index in [1.807, 2.05) is 32.0 Å². The van der Waals surface area contributed by atoms with Gasteiger partial charge in [0.2, 0.25) is 5.91 Å². The van der Waals surface area contributed by atoms with Crippen molar-refractivity contribution >= 4 is 11.8 Å². The largest absolute Gasteiger partial charge is 0.484 e. The highest BCUT2D eigenvalue weighted by Crippen LogP contribution is 2.22. The normalized spacial score (nSPS) is 21.0. The second kappa shape index (κ2) is 9.25. The van der Waals surface area contributed by atoms with Crippen LogP contribution in [0.15, 0.2) is 18.2 Å². The Labute approximate surface area is 162 Å². The first-order valence-electron chi connectivity index (χ1n) is 10.3. The van der Waals surface area contributed by atoms with Crippen molar-refractivity contribution in [2.24, 2.45) is 5.92 Å². The molecule has 3 rings (SSSR count). The van der Waals surface area contributed by atoms with E-state index < -0.39 is 0 Å². The summed E-state index contributed by atoms with van der Waals surface area (Å²) in [4.78, 5) is 27.0. The number of carbonyl (C=O) groups is 2. The number of piperidine rings is 1. The van der Waals surface area contributed by atoms with Crippen molar-refractivity contribution in [3.8, 4) is 5.75 Å². The number of likely N-dealkylation sites (tertiary alicyclic amines) is 1. The van der Waals surface area contributed by atoms with E-state index in [4.69, 9.17) is 4.74 Å². The average molecular weight is 373 g/mol. The summed E-state index contributed by atoms with van der Waals surface area (Å²) in [6.45, 7) is 5.27. The first kappa shape index (κ1) is 19.7. The number of benzene rings is 1. The summed E-state index contributed by atoms with van der Waals surface area (Å²) < 4.78 is 5.73. The lowest BCUT2D eigenvalue weighted by atomic mass is 9.93. The van der Waals surface area contributed by atoms with Gasteiger partial charge >= 0.3 is 0 Å².